The Kier molecular flexibility index (Phi) is 9.41. The van der Waals surface area contributed by atoms with Crippen LogP contribution in [0.3, 0.4) is 0 Å². The average Bonchev–Trinajstić information content (AvgIpc) is 3.41. The number of ether oxygens (including phenoxy) is 1. The number of allylic oxidation sites excluding steroid dienone is 2. The zero-order valence-electron chi connectivity index (χ0n) is 29.7. The lowest BCUT2D eigenvalue weighted by Crippen LogP contribution is -2.20. The first-order valence-corrected chi connectivity index (χ1v) is 17.5. The van der Waals surface area contributed by atoms with E-state index in [0.29, 0.717) is 78.2 Å². The number of nitrogens with one attached hydrogen (secondary N) is 1. The topological polar surface area (TPSA) is 183 Å². The van der Waals surface area contributed by atoms with Crippen LogP contribution in [0.4, 0.5) is 5.95 Å². The molecule has 0 bridgehead atoms. The van der Waals surface area contributed by atoms with Crippen molar-refractivity contribution >= 4 is 45.6 Å². The van der Waals surface area contributed by atoms with Gasteiger partial charge in [0, 0.05) is 37.9 Å². The highest BCUT2D eigenvalue weighted by Gasteiger charge is 2.25. The van der Waals surface area contributed by atoms with Crippen LogP contribution in [0.1, 0.15) is 75.2 Å². The number of benzene rings is 1. The molecule has 15 nitrogen and oxygen atoms in total. The Balaban J connectivity index is 1.22. The molecule has 0 saturated heterocycles. The molecule has 0 unspecified atom stereocenters. The molecule has 1 saturated carbocycles. The van der Waals surface area contributed by atoms with Crippen LogP contribution < -0.4 is 15.8 Å². The summed E-state index contributed by atoms with van der Waals surface area (Å²) in [4.78, 5) is 53.1. The Morgan fingerprint density at radius 3 is 2.31 bits per heavy atom. The predicted octanol–water partition coefficient (Wildman–Crippen LogP) is 4.65. The molecule has 1 aliphatic rings. The van der Waals surface area contributed by atoms with Crippen LogP contribution >= 0.6 is 0 Å². The van der Waals surface area contributed by atoms with E-state index in [1.807, 2.05) is 55.0 Å². The van der Waals surface area contributed by atoms with Crippen LogP contribution in [-0.2, 0) is 32.6 Å². The molecule has 52 heavy (non-hydrogen) atoms. The van der Waals surface area contributed by atoms with Gasteiger partial charge in [-0.05, 0) is 76.8 Å². The third-order valence-corrected chi connectivity index (χ3v) is 9.10. The van der Waals surface area contributed by atoms with Crippen LogP contribution in [0.15, 0.2) is 54.9 Å². The minimum atomic E-state index is -0.605. The van der Waals surface area contributed by atoms with Crippen LogP contribution in [0.2, 0.25) is 0 Å². The predicted molar refractivity (Wildman–Crippen MR) is 194 cm³/mol. The van der Waals surface area contributed by atoms with Crippen molar-refractivity contribution < 1.29 is 19.1 Å². The van der Waals surface area contributed by atoms with Crippen molar-refractivity contribution in [3.8, 4) is 5.75 Å². The Labute approximate surface area is 299 Å². The maximum atomic E-state index is 13.6. The van der Waals surface area contributed by atoms with Crippen LogP contribution in [0.5, 0.6) is 5.75 Å². The number of amides is 2. The van der Waals surface area contributed by atoms with E-state index in [-0.39, 0.29) is 29.6 Å². The van der Waals surface area contributed by atoms with E-state index < -0.39 is 5.91 Å². The maximum absolute atomic E-state index is 13.6. The molecule has 5 heterocycles. The first-order valence-electron chi connectivity index (χ1n) is 17.5. The third-order valence-electron chi connectivity index (χ3n) is 9.10. The van der Waals surface area contributed by atoms with E-state index >= 15 is 0 Å². The normalized spacial score (nSPS) is 13.1. The zero-order chi connectivity index (χ0) is 36.5. The highest BCUT2D eigenvalue weighted by Crippen LogP contribution is 2.34. The monoisotopic (exact) mass is 703 g/mol. The fourth-order valence-electron chi connectivity index (χ4n) is 6.36. The van der Waals surface area contributed by atoms with Gasteiger partial charge in [-0.2, -0.15) is 10.2 Å². The van der Waals surface area contributed by atoms with E-state index in [9.17, 15) is 14.4 Å². The van der Waals surface area contributed by atoms with Crippen LogP contribution in [0.25, 0.3) is 22.1 Å². The number of anilines is 1. The number of imidazole rings is 2. The summed E-state index contributed by atoms with van der Waals surface area (Å²) in [5, 5.41) is 11.8. The number of hydrogen-bond acceptors (Lipinski definition) is 9. The molecule has 1 aliphatic carbocycles. The van der Waals surface area contributed by atoms with Crippen LogP contribution in [0, 0.1) is 19.8 Å². The second kappa shape index (κ2) is 14.2. The maximum Gasteiger partial charge on any atom is 0.276 e. The quantitative estimate of drug-likeness (QED) is 0.114. The Hall–Kier alpha value is -6.12. The number of aryl methyl sites for hydroxylation is 4. The van der Waals surface area contributed by atoms with Gasteiger partial charge in [-0.25, -0.2) is 9.97 Å². The summed E-state index contributed by atoms with van der Waals surface area (Å²) in [7, 11) is 0. The third kappa shape index (κ3) is 6.93. The van der Waals surface area contributed by atoms with Crippen LogP contribution in [-0.4, -0.2) is 67.9 Å². The zero-order valence-corrected chi connectivity index (χ0v) is 29.7. The van der Waals surface area contributed by atoms with Gasteiger partial charge in [0.25, 0.3) is 5.91 Å². The fraction of sp³-hybridized carbons (Fsp3) is 0.351. The number of primary amides is 1. The van der Waals surface area contributed by atoms with Crippen molar-refractivity contribution in [3.63, 3.8) is 0 Å². The van der Waals surface area contributed by atoms with Gasteiger partial charge in [0.2, 0.25) is 11.9 Å². The highest BCUT2D eigenvalue weighted by atomic mass is 16.5. The molecule has 6 aromatic rings. The van der Waals surface area contributed by atoms with E-state index in [4.69, 9.17) is 20.4 Å². The Morgan fingerprint density at radius 1 is 0.923 bits per heavy atom. The summed E-state index contributed by atoms with van der Waals surface area (Å²) < 4.78 is 13.5. The Bertz CT molecular complexity index is 2360. The highest BCUT2D eigenvalue weighted by molar-refractivity contribution is 6.04. The molecule has 0 spiro atoms. The number of nitrogens with two attached hydrogens (primary N) is 1. The number of fused-ring (bicyclic) bond motifs is 2. The fourth-order valence-corrected chi connectivity index (χ4v) is 6.36. The molecular formula is C37H41N11O4. The van der Waals surface area contributed by atoms with E-state index in [1.165, 1.54) is 0 Å². The van der Waals surface area contributed by atoms with Crippen molar-refractivity contribution in [2.45, 2.75) is 73.1 Å². The molecule has 0 radical (unpaired) electrons. The van der Waals surface area contributed by atoms with Gasteiger partial charge in [0.05, 0.1) is 41.6 Å². The van der Waals surface area contributed by atoms with Gasteiger partial charge in [-0.1, -0.05) is 12.2 Å². The number of ketones is 1. The molecule has 0 aliphatic heterocycles. The second-order valence-corrected chi connectivity index (χ2v) is 13.0. The number of Topliss-reactive ketones (excluding diaryl/α,β-unsaturated/α-hetero) is 1. The number of hydrogen-bond donors (Lipinski definition) is 2. The van der Waals surface area contributed by atoms with Crippen molar-refractivity contribution in [1.29, 1.82) is 0 Å². The molecule has 1 fully saturated rings. The molecule has 268 valence electrons. The molecule has 1 aromatic carbocycles. The summed E-state index contributed by atoms with van der Waals surface area (Å²) in [5.74, 6) is 0.750. The number of pyridine rings is 1. The SMILES string of the molecule is CCn1nc(C)cc1C(=O)Cc1nc2cnccc2n1C/C=C/Cn1c(NC(=O)c2cc(C)nn2CC)nc2cc(C(N)=O)cc(OCC3CC3)c21. The summed E-state index contributed by atoms with van der Waals surface area (Å²) >= 11 is 0. The molecule has 3 N–H and O–H groups in total. The van der Waals surface area contributed by atoms with Gasteiger partial charge in [0.1, 0.15) is 34.0 Å². The lowest BCUT2D eigenvalue weighted by atomic mass is 10.1. The molecule has 15 heteroatoms. The number of carbonyl (C=O) groups is 3. The number of nitrogens with zero attached hydrogens (tertiary/aromatic N) is 9. The van der Waals surface area contributed by atoms with Crippen molar-refractivity contribution in [2.24, 2.45) is 11.7 Å². The van der Waals surface area contributed by atoms with Crippen molar-refractivity contribution in [2.75, 3.05) is 11.9 Å². The smallest absolute Gasteiger partial charge is 0.276 e. The lowest BCUT2D eigenvalue weighted by Gasteiger charge is -2.13. The number of carbonyl (C=O) groups excluding carboxylic acids is 3. The van der Waals surface area contributed by atoms with E-state index in [0.717, 1.165) is 29.7 Å². The lowest BCUT2D eigenvalue weighted by molar-refractivity contribution is 0.0976. The molecule has 0 atom stereocenters. The summed E-state index contributed by atoms with van der Waals surface area (Å²) in [6.07, 6.45) is 9.58. The number of aromatic nitrogens is 9. The van der Waals surface area contributed by atoms with Gasteiger partial charge in [0.15, 0.2) is 5.78 Å². The standard InChI is InChI=1S/C37H41N11O4/c1-5-47-29(15-22(3)43-47)31(49)19-33-40-27-20-39-12-11-28(27)45(33)13-7-8-14-46-34-26(17-25(35(38)50)18-32(34)52-21-24-9-10-24)41-37(46)42-36(51)30-16-23(4)44-48(30)6-2/h7-8,11-12,15-18,20,24H,5-6,9-10,13-14,19,21H2,1-4H3,(H2,38,50)(H,41,42,51)/b8-7+. The summed E-state index contributed by atoms with van der Waals surface area (Å²) in [6.45, 7) is 9.89. The Morgan fingerprint density at radius 2 is 1.62 bits per heavy atom. The molecule has 5 aromatic heterocycles. The molecular weight excluding hydrogens is 662 g/mol. The largest absolute Gasteiger partial charge is 0.491 e. The summed E-state index contributed by atoms with van der Waals surface area (Å²) in [5.41, 5.74) is 11.0. The van der Waals surface area contributed by atoms with Gasteiger partial charge >= 0.3 is 0 Å². The van der Waals surface area contributed by atoms with Crippen molar-refractivity contribution in [1.82, 2.24) is 43.6 Å². The van der Waals surface area contributed by atoms with Gasteiger partial charge in [-0.15, -0.1) is 0 Å². The van der Waals surface area contributed by atoms with Gasteiger partial charge < -0.3 is 19.6 Å². The summed E-state index contributed by atoms with van der Waals surface area (Å²) in [6, 6.07) is 8.66. The van der Waals surface area contributed by atoms with E-state index in [2.05, 4.69) is 20.5 Å². The minimum Gasteiger partial charge on any atom is -0.491 e. The van der Waals surface area contributed by atoms with Gasteiger partial charge in [-0.3, -0.25) is 34.0 Å². The first-order chi connectivity index (χ1) is 25.1. The average molecular weight is 704 g/mol. The first kappa shape index (κ1) is 34.3. The minimum absolute atomic E-state index is 0.0742. The van der Waals surface area contributed by atoms with E-state index in [1.54, 1.807) is 46.0 Å². The second-order valence-electron chi connectivity index (χ2n) is 13.0. The van der Waals surface area contributed by atoms with Crippen molar-refractivity contribution in [3.05, 3.63) is 89.0 Å². The molecule has 2 amide bonds. The number of rotatable bonds is 15. The molecule has 7 rings (SSSR count).